The van der Waals surface area contributed by atoms with Crippen LogP contribution < -0.4 is 14.9 Å². The van der Waals surface area contributed by atoms with E-state index in [0.29, 0.717) is 22.8 Å². The number of methoxy groups -OCH3 is 2. The third-order valence-corrected chi connectivity index (χ3v) is 3.50. The Morgan fingerprint density at radius 1 is 1.08 bits per heavy atom. The maximum absolute atomic E-state index is 12.0. The van der Waals surface area contributed by atoms with E-state index >= 15 is 0 Å². The van der Waals surface area contributed by atoms with E-state index in [1.165, 1.54) is 0 Å². The van der Waals surface area contributed by atoms with Gasteiger partial charge in [0.15, 0.2) is 17.6 Å². The molecule has 24 heavy (non-hydrogen) atoms. The number of aliphatic hydroxyl groups is 1. The van der Waals surface area contributed by atoms with Crippen molar-refractivity contribution in [2.75, 3.05) is 14.2 Å². The number of nitrogens with one attached hydrogen (secondary N) is 1. The van der Waals surface area contributed by atoms with Gasteiger partial charge in [-0.2, -0.15) is 5.10 Å². The monoisotopic (exact) mass is 328 g/mol. The number of hydrogen-bond acceptors (Lipinski definition) is 5. The third-order valence-electron chi connectivity index (χ3n) is 3.50. The highest BCUT2D eigenvalue weighted by Crippen LogP contribution is 2.27. The van der Waals surface area contributed by atoms with E-state index in [2.05, 4.69) is 10.5 Å². The Balaban J connectivity index is 2.10. The fourth-order valence-corrected chi connectivity index (χ4v) is 2.11. The summed E-state index contributed by atoms with van der Waals surface area (Å²) >= 11 is 0. The Hall–Kier alpha value is -2.86. The first kappa shape index (κ1) is 17.5. The van der Waals surface area contributed by atoms with E-state index in [-0.39, 0.29) is 0 Å². The molecule has 0 aliphatic carbocycles. The number of rotatable bonds is 6. The van der Waals surface area contributed by atoms with Crippen molar-refractivity contribution in [1.29, 1.82) is 0 Å². The van der Waals surface area contributed by atoms with Crippen molar-refractivity contribution < 1.29 is 19.4 Å². The van der Waals surface area contributed by atoms with Crippen LogP contribution in [0, 0.1) is 0 Å². The van der Waals surface area contributed by atoms with Crippen LogP contribution in [-0.4, -0.2) is 30.9 Å². The van der Waals surface area contributed by atoms with Gasteiger partial charge in [-0.1, -0.05) is 30.3 Å². The number of amides is 1. The van der Waals surface area contributed by atoms with Gasteiger partial charge in [-0.05, 0) is 30.7 Å². The molecule has 0 heterocycles. The number of aliphatic hydroxyl groups excluding tert-OH is 1. The summed E-state index contributed by atoms with van der Waals surface area (Å²) in [6.45, 7) is 1.75. The van der Waals surface area contributed by atoms with Crippen molar-refractivity contribution in [3.63, 3.8) is 0 Å². The molecule has 0 bridgehead atoms. The zero-order valence-electron chi connectivity index (χ0n) is 13.8. The first-order chi connectivity index (χ1) is 11.6. The number of hydrogen-bond donors (Lipinski definition) is 2. The second kappa shape index (κ2) is 8.12. The molecule has 0 saturated carbocycles. The lowest BCUT2D eigenvalue weighted by Gasteiger charge is -2.11. The molecular formula is C18H20N2O4. The Morgan fingerprint density at radius 3 is 2.38 bits per heavy atom. The Bertz CT molecular complexity index is 729. The molecule has 0 radical (unpaired) electrons. The van der Waals surface area contributed by atoms with Crippen LogP contribution in [0.15, 0.2) is 53.6 Å². The summed E-state index contributed by atoms with van der Waals surface area (Å²) in [7, 11) is 3.11. The minimum Gasteiger partial charge on any atom is -0.493 e. The molecule has 0 unspecified atom stereocenters. The fourth-order valence-electron chi connectivity index (χ4n) is 2.11. The van der Waals surface area contributed by atoms with Gasteiger partial charge in [-0.15, -0.1) is 0 Å². The van der Waals surface area contributed by atoms with Gasteiger partial charge < -0.3 is 14.6 Å². The van der Waals surface area contributed by atoms with Gasteiger partial charge in [0.25, 0.3) is 5.91 Å². The summed E-state index contributed by atoms with van der Waals surface area (Å²) in [4.78, 5) is 12.0. The van der Waals surface area contributed by atoms with Crippen molar-refractivity contribution in [2.24, 2.45) is 5.10 Å². The van der Waals surface area contributed by atoms with Gasteiger partial charge in [-0.3, -0.25) is 4.79 Å². The van der Waals surface area contributed by atoms with Crippen LogP contribution in [0.25, 0.3) is 0 Å². The Kier molecular flexibility index (Phi) is 5.92. The quantitative estimate of drug-likeness (QED) is 0.630. The fraction of sp³-hybridized carbons (Fsp3) is 0.222. The number of hydrazone groups is 1. The molecule has 0 saturated heterocycles. The maximum atomic E-state index is 12.0. The highest BCUT2D eigenvalue weighted by Gasteiger charge is 2.16. The molecule has 2 N–H and O–H groups in total. The van der Waals surface area contributed by atoms with Crippen LogP contribution in [0.4, 0.5) is 0 Å². The van der Waals surface area contributed by atoms with Crippen LogP contribution in [0.2, 0.25) is 0 Å². The molecular weight excluding hydrogens is 308 g/mol. The van der Waals surface area contributed by atoms with Crippen LogP contribution in [0.1, 0.15) is 24.2 Å². The van der Waals surface area contributed by atoms with Crippen molar-refractivity contribution in [3.8, 4) is 11.5 Å². The summed E-state index contributed by atoms with van der Waals surface area (Å²) in [5.74, 6) is 0.582. The molecule has 0 fully saturated rings. The van der Waals surface area contributed by atoms with E-state index in [4.69, 9.17) is 9.47 Å². The summed E-state index contributed by atoms with van der Waals surface area (Å²) in [6, 6.07) is 14.0. The molecule has 0 aliphatic heterocycles. The Morgan fingerprint density at radius 2 is 1.75 bits per heavy atom. The zero-order valence-corrected chi connectivity index (χ0v) is 13.8. The van der Waals surface area contributed by atoms with E-state index in [1.807, 2.05) is 6.07 Å². The molecule has 2 aromatic rings. The number of nitrogens with zero attached hydrogens (tertiary/aromatic N) is 1. The third kappa shape index (κ3) is 4.11. The number of carbonyl (C=O) groups excluding carboxylic acids is 1. The molecule has 2 rings (SSSR count). The minimum absolute atomic E-state index is 0.508. The summed E-state index contributed by atoms with van der Waals surface area (Å²) in [5.41, 5.74) is 4.22. The highest BCUT2D eigenvalue weighted by molar-refractivity contribution is 6.00. The molecule has 0 aromatic heterocycles. The summed E-state index contributed by atoms with van der Waals surface area (Å²) in [5, 5.41) is 14.0. The average Bonchev–Trinajstić information content (AvgIpc) is 2.65. The maximum Gasteiger partial charge on any atom is 0.273 e. The first-order valence-corrected chi connectivity index (χ1v) is 7.36. The Labute approximate surface area is 140 Å². The second-order valence-electron chi connectivity index (χ2n) is 5.06. The largest absolute Gasteiger partial charge is 0.493 e. The van der Waals surface area contributed by atoms with E-state index < -0.39 is 12.0 Å². The molecule has 126 valence electrons. The lowest BCUT2D eigenvalue weighted by atomic mass is 10.1. The minimum atomic E-state index is -1.27. The topological polar surface area (TPSA) is 80.2 Å². The van der Waals surface area contributed by atoms with Gasteiger partial charge in [0.05, 0.1) is 19.9 Å². The molecule has 2 aromatic carbocycles. The molecule has 6 nitrogen and oxygen atoms in total. The molecule has 1 atom stereocenters. The van der Waals surface area contributed by atoms with Crippen molar-refractivity contribution in [2.45, 2.75) is 13.0 Å². The lowest BCUT2D eigenvalue weighted by Crippen LogP contribution is -2.26. The predicted molar refractivity (Wildman–Crippen MR) is 91.3 cm³/mol. The molecule has 0 aliphatic rings. The SMILES string of the molecule is COc1ccc(/C(C)=N\NC(=O)[C@@H](O)c2ccccc2)cc1OC. The van der Waals surface area contributed by atoms with Gasteiger partial charge in [0, 0.05) is 5.56 Å². The van der Waals surface area contributed by atoms with Gasteiger partial charge in [-0.25, -0.2) is 5.43 Å². The normalized spacial score (nSPS) is 12.4. The molecule has 1 amide bonds. The second-order valence-corrected chi connectivity index (χ2v) is 5.06. The van der Waals surface area contributed by atoms with Crippen molar-refractivity contribution in [1.82, 2.24) is 5.43 Å². The summed E-state index contributed by atoms with van der Waals surface area (Å²) in [6.07, 6.45) is -1.27. The lowest BCUT2D eigenvalue weighted by molar-refractivity contribution is -0.129. The van der Waals surface area contributed by atoms with E-state index in [1.54, 1.807) is 63.6 Å². The smallest absolute Gasteiger partial charge is 0.273 e. The number of carbonyl (C=O) groups is 1. The van der Waals surface area contributed by atoms with Gasteiger partial charge in [0.2, 0.25) is 0 Å². The number of benzene rings is 2. The average molecular weight is 328 g/mol. The highest BCUT2D eigenvalue weighted by atomic mass is 16.5. The van der Waals surface area contributed by atoms with Crippen molar-refractivity contribution in [3.05, 3.63) is 59.7 Å². The standard InChI is InChI=1S/C18H20N2O4/c1-12(14-9-10-15(23-2)16(11-14)24-3)19-20-18(22)17(21)13-7-5-4-6-8-13/h4-11,17,21H,1-3H3,(H,20,22)/b19-12-/t17-/m0/s1. The van der Waals surface area contributed by atoms with Crippen LogP contribution in [-0.2, 0) is 4.79 Å². The van der Waals surface area contributed by atoms with E-state index in [9.17, 15) is 9.90 Å². The summed E-state index contributed by atoms with van der Waals surface area (Å²) < 4.78 is 10.4. The van der Waals surface area contributed by atoms with Crippen molar-refractivity contribution >= 4 is 11.6 Å². The van der Waals surface area contributed by atoms with Crippen LogP contribution >= 0.6 is 0 Å². The van der Waals surface area contributed by atoms with Crippen LogP contribution in [0.3, 0.4) is 0 Å². The first-order valence-electron chi connectivity index (χ1n) is 7.36. The van der Waals surface area contributed by atoms with Crippen LogP contribution in [0.5, 0.6) is 11.5 Å². The number of ether oxygens (including phenoxy) is 2. The predicted octanol–water partition coefficient (Wildman–Crippen LogP) is 2.28. The van der Waals surface area contributed by atoms with Gasteiger partial charge >= 0.3 is 0 Å². The zero-order chi connectivity index (χ0) is 17.5. The molecule has 0 spiro atoms. The van der Waals surface area contributed by atoms with E-state index in [0.717, 1.165) is 5.56 Å². The molecule has 6 heteroatoms. The van der Waals surface area contributed by atoms with Gasteiger partial charge in [0.1, 0.15) is 0 Å².